The summed E-state index contributed by atoms with van der Waals surface area (Å²) in [6.45, 7) is 0.761. The van der Waals surface area contributed by atoms with Gasteiger partial charge in [0.1, 0.15) is 13.3 Å². The van der Waals surface area contributed by atoms with Crippen LogP contribution in [0, 0.1) is 10.1 Å². The van der Waals surface area contributed by atoms with Crippen molar-refractivity contribution < 1.29 is 9.50 Å². The van der Waals surface area contributed by atoms with Crippen molar-refractivity contribution >= 4 is 11.9 Å². The number of benzene rings is 1. The number of hydrogen-bond acceptors (Lipinski definition) is 2. The van der Waals surface area contributed by atoms with Gasteiger partial charge in [-0.15, -0.1) is 0 Å². The third-order valence-electron chi connectivity index (χ3n) is 2.47. The van der Waals surface area contributed by atoms with Gasteiger partial charge in [0.15, 0.2) is 6.54 Å². The standard InChI is InChI=1S/C10H11N2O2/c1-11-6-5-9-8(7-11)3-2-4-10(9)12(13)14/h2-4,6H,5,7H2,1H3/q+1. The molecule has 0 radical (unpaired) electrons. The Hall–Kier alpha value is -1.71. The molecule has 0 unspecified atom stereocenters. The number of nitro benzene ring substituents is 1. The van der Waals surface area contributed by atoms with Crippen LogP contribution in [0.1, 0.15) is 11.1 Å². The van der Waals surface area contributed by atoms with Crippen LogP contribution in [-0.2, 0) is 13.0 Å². The average molecular weight is 191 g/mol. The highest BCUT2D eigenvalue weighted by Gasteiger charge is 2.22. The molecular formula is C10H11N2O2+. The van der Waals surface area contributed by atoms with Crippen LogP contribution in [0.4, 0.5) is 5.69 Å². The molecule has 1 heterocycles. The van der Waals surface area contributed by atoms with Crippen molar-refractivity contribution in [2.75, 3.05) is 7.05 Å². The second kappa shape index (κ2) is 3.21. The summed E-state index contributed by atoms with van der Waals surface area (Å²) in [4.78, 5) is 10.4. The molecule has 14 heavy (non-hydrogen) atoms. The summed E-state index contributed by atoms with van der Waals surface area (Å²) in [6.07, 6.45) is 2.64. The smallest absolute Gasteiger partial charge is 0.258 e. The second-order valence-corrected chi connectivity index (χ2v) is 3.47. The van der Waals surface area contributed by atoms with Gasteiger partial charge in [-0.3, -0.25) is 10.1 Å². The molecule has 4 heteroatoms. The molecule has 1 aromatic rings. The van der Waals surface area contributed by atoms with Crippen LogP contribution in [0.3, 0.4) is 0 Å². The molecule has 0 saturated carbocycles. The molecule has 0 atom stereocenters. The fourth-order valence-electron chi connectivity index (χ4n) is 1.76. The quantitative estimate of drug-likeness (QED) is 0.382. The normalized spacial score (nSPS) is 14.5. The Kier molecular flexibility index (Phi) is 2.04. The van der Waals surface area contributed by atoms with Gasteiger partial charge in [-0.1, -0.05) is 12.1 Å². The number of nitro groups is 1. The van der Waals surface area contributed by atoms with Crippen molar-refractivity contribution in [3.63, 3.8) is 0 Å². The highest BCUT2D eigenvalue weighted by molar-refractivity contribution is 5.63. The zero-order valence-corrected chi connectivity index (χ0v) is 7.93. The van der Waals surface area contributed by atoms with Crippen LogP contribution in [-0.4, -0.2) is 22.8 Å². The Morgan fingerprint density at radius 3 is 3.00 bits per heavy atom. The van der Waals surface area contributed by atoms with E-state index in [-0.39, 0.29) is 10.6 Å². The lowest BCUT2D eigenvalue weighted by molar-refractivity contribution is -0.512. The predicted molar refractivity (Wildman–Crippen MR) is 52.8 cm³/mol. The highest BCUT2D eigenvalue weighted by atomic mass is 16.6. The van der Waals surface area contributed by atoms with Crippen molar-refractivity contribution in [3.8, 4) is 0 Å². The summed E-state index contributed by atoms with van der Waals surface area (Å²) in [6, 6.07) is 5.26. The Balaban J connectivity index is 2.51. The summed E-state index contributed by atoms with van der Waals surface area (Å²) in [5.74, 6) is 0. The second-order valence-electron chi connectivity index (χ2n) is 3.47. The van der Waals surface area contributed by atoms with E-state index in [4.69, 9.17) is 0 Å². The Morgan fingerprint density at radius 2 is 2.29 bits per heavy atom. The summed E-state index contributed by atoms with van der Waals surface area (Å²) < 4.78 is 2.05. The average Bonchev–Trinajstić information content (AvgIpc) is 2.16. The van der Waals surface area contributed by atoms with Crippen LogP contribution in [0.2, 0.25) is 0 Å². The van der Waals surface area contributed by atoms with Gasteiger partial charge in [0, 0.05) is 17.2 Å². The maximum atomic E-state index is 10.7. The van der Waals surface area contributed by atoms with Gasteiger partial charge < -0.3 is 0 Å². The molecule has 4 nitrogen and oxygen atoms in total. The third kappa shape index (κ3) is 1.39. The molecular weight excluding hydrogens is 180 g/mol. The van der Waals surface area contributed by atoms with Crippen LogP contribution in [0.25, 0.3) is 0 Å². The van der Waals surface area contributed by atoms with E-state index >= 15 is 0 Å². The van der Waals surface area contributed by atoms with Crippen LogP contribution in [0.5, 0.6) is 0 Å². The van der Waals surface area contributed by atoms with Gasteiger partial charge in [-0.25, -0.2) is 4.58 Å². The summed E-state index contributed by atoms with van der Waals surface area (Å²) in [7, 11) is 1.97. The third-order valence-corrected chi connectivity index (χ3v) is 2.47. The number of rotatable bonds is 1. The minimum absolute atomic E-state index is 0.242. The van der Waals surface area contributed by atoms with Gasteiger partial charge in [-0.05, 0) is 0 Å². The van der Waals surface area contributed by atoms with Crippen LogP contribution in [0.15, 0.2) is 18.2 Å². The Morgan fingerprint density at radius 1 is 1.50 bits per heavy atom. The van der Waals surface area contributed by atoms with Gasteiger partial charge in [-0.2, -0.15) is 0 Å². The first-order valence-corrected chi connectivity index (χ1v) is 4.47. The van der Waals surface area contributed by atoms with Crippen molar-refractivity contribution in [1.29, 1.82) is 0 Å². The topological polar surface area (TPSA) is 46.1 Å². The molecule has 0 fully saturated rings. The fraction of sp³-hybridized carbons (Fsp3) is 0.300. The molecule has 0 aliphatic carbocycles. The number of nitrogens with zero attached hydrogens (tertiary/aromatic N) is 2. The molecule has 2 rings (SSSR count). The lowest BCUT2D eigenvalue weighted by Crippen LogP contribution is -2.17. The van der Waals surface area contributed by atoms with Gasteiger partial charge in [0.05, 0.1) is 11.3 Å². The molecule has 0 aromatic heterocycles. The summed E-state index contributed by atoms with van der Waals surface area (Å²) in [5.41, 5.74) is 2.16. The highest BCUT2D eigenvalue weighted by Crippen LogP contribution is 2.24. The predicted octanol–water partition coefficient (Wildman–Crippen LogP) is 1.36. The number of fused-ring (bicyclic) bond motifs is 1. The molecule has 1 aromatic carbocycles. The van der Waals surface area contributed by atoms with Crippen LogP contribution < -0.4 is 0 Å². The molecule has 72 valence electrons. The zero-order chi connectivity index (χ0) is 10.1. The van der Waals surface area contributed by atoms with E-state index < -0.39 is 0 Å². The van der Waals surface area contributed by atoms with E-state index in [2.05, 4.69) is 0 Å². The SMILES string of the molecule is C[N+]1=CCc2c(cccc2[N+](=O)[O-])C1. The van der Waals surface area contributed by atoms with E-state index in [1.807, 2.05) is 23.9 Å². The van der Waals surface area contributed by atoms with Crippen LogP contribution >= 0.6 is 0 Å². The lowest BCUT2D eigenvalue weighted by Gasteiger charge is -2.10. The van der Waals surface area contributed by atoms with Gasteiger partial charge >= 0.3 is 0 Å². The van der Waals surface area contributed by atoms with Crippen molar-refractivity contribution in [1.82, 2.24) is 0 Å². The molecule has 0 spiro atoms. The van der Waals surface area contributed by atoms with E-state index in [9.17, 15) is 10.1 Å². The van der Waals surface area contributed by atoms with Crippen molar-refractivity contribution in [2.24, 2.45) is 0 Å². The first-order valence-electron chi connectivity index (χ1n) is 4.47. The van der Waals surface area contributed by atoms with E-state index in [0.29, 0.717) is 6.42 Å². The molecule has 0 bridgehead atoms. The maximum absolute atomic E-state index is 10.7. The monoisotopic (exact) mass is 191 g/mol. The summed E-state index contributed by atoms with van der Waals surface area (Å²) >= 11 is 0. The minimum atomic E-state index is -0.308. The lowest BCUT2D eigenvalue weighted by atomic mass is 10.0. The molecule has 0 saturated heterocycles. The summed E-state index contributed by atoms with van der Waals surface area (Å²) in [5, 5.41) is 10.7. The maximum Gasteiger partial charge on any atom is 0.273 e. The van der Waals surface area contributed by atoms with Crippen molar-refractivity contribution in [2.45, 2.75) is 13.0 Å². The minimum Gasteiger partial charge on any atom is -0.258 e. The first-order chi connectivity index (χ1) is 6.68. The molecule has 1 aliphatic rings. The van der Waals surface area contributed by atoms with E-state index in [1.165, 1.54) is 0 Å². The Labute approximate surface area is 81.6 Å². The van der Waals surface area contributed by atoms with Crippen molar-refractivity contribution in [3.05, 3.63) is 39.4 Å². The number of hydrogen-bond donors (Lipinski definition) is 0. The largest absolute Gasteiger partial charge is 0.273 e. The molecule has 1 aliphatic heterocycles. The van der Waals surface area contributed by atoms with Gasteiger partial charge in [0.25, 0.3) is 5.69 Å². The van der Waals surface area contributed by atoms with E-state index in [1.54, 1.807) is 12.1 Å². The fourth-order valence-corrected chi connectivity index (χ4v) is 1.76. The zero-order valence-electron chi connectivity index (χ0n) is 7.93. The first kappa shape index (κ1) is 8.87. The molecule has 0 N–H and O–H groups in total. The molecule has 0 amide bonds. The Bertz CT molecular complexity index is 424. The van der Waals surface area contributed by atoms with E-state index in [0.717, 1.165) is 17.7 Å². The van der Waals surface area contributed by atoms with Gasteiger partial charge in [0.2, 0.25) is 0 Å².